The van der Waals surface area contributed by atoms with Crippen LogP contribution >= 0.6 is 0 Å². The molecule has 0 saturated heterocycles. The predicted molar refractivity (Wildman–Crippen MR) is 168 cm³/mol. The molecule has 0 unspecified atom stereocenters. The van der Waals surface area contributed by atoms with Gasteiger partial charge < -0.3 is 4.81 Å². The van der Waals surface area contributed by atoms with Crippen molar-refractivity contribution in [2.45, 2.75) is 6.92 Å². The molecule has 0 atom stereocenters. The molecular formula is C37H24BN. The van der Waals surface area contributed by atoms with Crippen LogP contribution in [0.5, 0.6) is 0 Å². The first-order valence-electron chi connectivity index (χ1n) is 13.7. The monoisotopic (exact) mass is 493 g/mol. The molecule has 2 aliphatic rings. The van der Waals surface area contributed by atoms with Gasteiger partial charge >= 0.3 is 6.85 Å². The summed E-state index contributed by atoms with van der Waals surface area (Å²) in [6.45, 7) is 2.27. The van der Waals surface area contributed by atoms with Gasteiger partial charge in [0.2, 0.25) is 0 Å². The molecule has 0 radical (unpaired) electrons. The number of hydrogen-bond donors (Lipinski definition) is 0. The van der Waals surface area contributed by atoms with Crippen LogP contribution in [0.15, 0.2) is 127 Å². The first-order valence-corrected chi connectivity index (χ1v) is 13.7. The topological polar surface area (TPSA) is 3.24 Å². The lowest BCUT2D eigenvalue weighted by atomic mass is 9.43. The summed E-state index contributed by atoms with van der Waals surface area (Å²) in [4.78, 5) is 2.61. The minimum atomic E-state index is 0.0921. The van der Waals surface area contributed by atoms with Crippen molar-refractivity contribution < 1.29 is 0 Å². The lowest BCUT2D eigenvalue weighted by Gasteiger charge is -2.44. The van der Waals surface area contributed by atoms with Gasteiger partial charge in [-0.05, 0) is 85.6 Å². The Morgan fingerprint density at radius 1 is 0.462 bits per heavy atom. The molecule has 0 spiro atoms. The van der Waals surface area contributed by atoms with Gasteiger partial charge in [-0.3, -0.25) is 0 Å². The Hall–Kier alpha value is -4.82. The van der Waals surface area contributed by atoms with Gasteiger partial charge in [-0.15, -0.1) is 0 Å². The summed E-state index contributed by atoms with van der Waals surface area (Å²) in [6, 6.07) is 47.8. The van der Waals surface area contributed by atoms with E-state index < -0.39 is 0 Å². The zero-order valence-corrected chi connectivity index (χ0v) is 21.6. The largest absolute Gasteiger partial charge is 0.376 e. The molecule has 0 fully saturated rings. The highest BCUT2D eigenvalue weighted by Gasteiger charge is 2.42. The number of rotatable bonds is 0. The van der Waals surface area contributed by atoms with E-state index in [0.717, 1.165) is 0 Å². The van der Waals surface area contributed by atoms with Crippen molar-refractivity contribution in [1.29, 1.82) is 0 Å². The van der Waals surface area contributed by atoms with Crippen molar-refractivity contribution in [2.75, 3.05) is 4.81 Å². The van der Waals surface area contributed by atoms with Crippen LogP contribution in [0.3, 0.4) is 0 Å². The first-order chi connectivity index (χ1) is 19.2. The smallest absolute Gasteiger partial charge is 0.329 e. The molecule has 2 heteroatoms. The van der Waals surface area contributed by atoms with Crippen LogP contribution in [0, 0.1) is 6.92 Å². The zero-order valence-electron chi connectivity index (χ0n) is 21.6. The standard InChI is InChI=1S/C37H24BN/c1-23-14-15-27-22-36-32(20-28(27)18-23)37-29-11-5-4-8-24(29)16-17-33(37)38-34-21-26-10-3-2-9-25(26)19-31(34)30-12-6-7-13-35(30)39(36)38/h2-22H,1H3. The molecule has 0 aliphatic carbocycles. The number of nitrogens with zero attached hydrogens (tertiary/aromatic N) is 1. The van der Waals surface area contributed by atoms with Gasteiger partial charge in [-0.2, -0.15) is 0 Å². The van der Waals surface area contributed by atoms with Gasteiger partial charge in [0.1, 0.15) is 0 Å². The first kappa shape index (κ1) is 21.2. The average Bonchev–Trinajstić information content (AvgIpc) is 2.98. The second-order valence-electron chi connectivity index (χ2n) is 11.0. The number of benzene rings is 7. The second kappa shape index (κ2) is 7.62. The average molecular weight is 493 g/mol. The normalized spacial score (nSPS) is 13.2. The van der Waals surface area contributed by atoms with Crippen LogP contribution in [0.1, 0.15) is 5.56 Å². The van der Waals surface area contributed by atoms with Gasteiger partial charge in [0.25, 0.3) is 0 Å². The van der Waals surface area contributed by atoms with Crippen LogP contribution in [0.25, 0.3) is 54.6 Å². The molecule has 1 nitrogen and oxygen atoms in total. The summed E-state index contributed by atoms with van der Waals surface area (Å²) >= 11 is 0. The molecule has 9 rings (SSSR count). The van der Waals surface area contributed by atoms with Gasteiger partial charge in [0.05, 0.1) is 0 Å². The fourth-order valence-electron chi connectivity index (χ4n) is 7.10. The van der Waals surface area contributed by atoms with E-state index in [9.17, 15) is 0 Å². The number of aryl methyl sites for hydroxylation is 1. The van der Waals surface area contributed by atoms with Crippen molar-refractivity contribution in [2.24, 2.45) is 0 Å². The maximum absolute atomic E-state index is 2.61. The van der Waals surface area contributed by atoms with Crippen LogP contribution < -0.4 is 15.7 Å². The summed E-state index contributed by atoms with van der Waals surface area (Å²) in [5.74, 6) is 0. The third-order valence-electron chi connectivity index (χ3n) is 8.82. The van der Waals surface area contributed by atoms with Crippen molar-refractivity contribution >= 4 is 61.5 Å². The summed E-state index contributed by atoms with van der Waals surface area (Å²) in [5, 5.41) is 7.76. The van der Waals surface area contributed by atoms with E-state index in [0.29, 0.717) is 0 Å². The lowest BCUT2D eigenvalue weighted by molar-refractivity contribution is 1.36. The highest BCUT2D eigenvalue weighted by molar-refractivity contribution is 6.93. The predicted octanol–water partition coefficient (Wildman–Crippen LogP) is 8.36. The minimum Gasteiger partial charge on any atom is -0.376 e. The van der Waals surface area contributed by atoms with E-state index in [-0.39, 0.29) is 6.85 Å². The Kier molecular flexibility index (Phi) is 4.13. The van der Waals surface area contributed by atoms with Gasteiger partial charge in [-0.25, -0.2) is 0 Å². The molecule has 7 aromatic carbocycles. The maximum Gasteiger partial charge on any atom is 0.329 e. The summed E-state index contributed by atoms with van der Waals surface area (Å²) < 4.78 is 0. The second-order valence-corrected chi connectivity index (χ2v) is 11.0. The van der Waals surface area contributed by atoms with Gasteiger partial charge in [0, 0.05) is 22.5 Å². The summed E-state index contributed by atoms with van der Waals surface area (Å²) in [7, 11) is 0. The Labute approximate surface area is 228 Å². The Morgan fingerprint density at radius 3 is 2.05 bits per heavy atom. The van der Waals surface area contributed by atoms with E-state index in [2.05, 4.69) is 139 Å². The van der Waals surface area contributed by atoms with Crippen molar-refractivity contribution in [3.63, 3.8) is 0 Å². The van der Waals surface area contributed by atoms with Crippen LogP contribution in [-0.2, 0) is 0 Å². The van der Waals surface area contributed by atoms with E-state index in [1.807, 2.05) is 0 Å². The maximum atomic E-state index is 2.61. The Morgan fingerprint density at radius 2 is 1.15 bits per heavy atom. The fourth-order valence-corrected chi connectivity index (χ4v) is 7.10. The van der Waals surface area contributed by atoms with Gasteiger partial charge in [0.15, 0.2) is 0 Å². The molecule has 2 heterocycles. The highest BCUT2D eigenvalue weighted by Crippen LogP contribution is 2.48. The molecule has 0 aromatic heterocycles. The number of para-hydroxylation sites is 1. The zero-order chi connectivity index (χ0) is 25.7. The molecule has 0 N–H and O–H groups in total. The summed E-state index contributed by atoms with van der Waals surface area (Å²) in [6.07, 6.45) is 0. The molecular weight excluding hydrogens is 469 g/mol. The Bertz CT molecular complexity index is 2160. The van der Waals surface area contributed by atoms with Crippen LogP contribution in [0.4, 0.5) is 11.4 Å². The van der Waals surface area contributed by atoms with Crippen molar-refractivity contribution in [3.05, 3.63) is 133 Å². The van der Waals surface area contributed by atoms with Crippen LogP contribution in [0.2, 0.25) is 0 Å². The number of anilines is 2. The molecule has 0 bridgehead atoms. The lowest BCUT2D eigenvalue weighted by Crippen LogP contribution is -2.59. The van der Waals surface area contributed by atoms with E-state index in [4.69, 9.17) is 0 Å². The number of fused-ring (bicyclic) bond motifs is 15. The minimum absolute atomic E-state index is 0.0921. The van der Waals surface area contributed by atoms with E-state index in [1.54, 1.807) is 0 Å². The SMILES string of the molecule is Cc1ccc2cc3c(cc2c1)-c1c(ccc2ccccc12)B1c2cc4ccccc4cc2-c2ccccc2N13. The van der Waals surface area contributed by atoms with E-state index in [1.165, 1.54) is 82.4 Å². The van der Waals surface area contributed by atoms with Gasteiger partial charge in [-0.1, -0.05) is 109 Å². The molecule has 0 amide bonds. The van der Waals surface area contributed by atoms with E-state index >= 15 is 0 Å². The third-order valence-corrected chi connectivity index (χ3v) is 8.82. The Balaban J connectivity index is 1.47. The fraction of sp³-hybridized carbons (Fsp3) is 0.0270. The molecule has 180 valence electrons. The van der Waals surface area contributed by atoms with Crippen molar-refractivity contribution in [3.8, 4) is 22.3 Å². The molecule has 7 aromatic rings. The molecule has 0 saturated carbocycles. The van der Waals surface area contributed by atoms with Crippen LogP contribution in [-0.4, -0.2) is 6.85 Å². The highest BCUT2D eigenvalue weighted by atomic mass is 15.1. The summed E-state index contributed by atoms with van der Waals surface area (Å²) in [5.41, 5.74) is 11.9. The van der Waals surface area contributed by atoms with Crippen molar-refractivity contribution in [1.82, 2.24) is 0 Å². The molecule has 2 aliphatic heterocycles. The quantitative estimate of drug-likeness (QED) is 0.192. The molecule has 39 heavy (non-hydrogen) atoms. The number of hydrogen-bond acceptors (Lipinski definition) is 1. The third kappa shape index (κ3) is 2.86.